The van der Waals surface area contributed by atoms with Gasteiger partial charge in [0.1, 0.15) is 5.75 Å². The second-order valence-corrected chi connectivity index (χ2v) is 17.1. The van der Waals surface area contributed by atoms with Crippen LogP contribution < -0.4 is 26.0 Å². The number of pyridine rings is 2. The number of nitrogens with zero attached hydrogens (tertiary/aromatic N) is 2. The topological polar surface area (TPSA) is 83.1 Å². The summed E-state index contributed by atoms with van der Waals surface area (Å²) in [7, 11) is 0. The molecule has 0 atom stereocenters. The molecular weight excluding hydrogens is 780 g/mol. The van der Waals surface area contributed by atoms with Crippen molar-refractivity contribution in [3.05, 3.63) is 113 Å². The van der Waals surface area contributed by atoms with Gasteiger partial charge in [-0.15, -0.1) is 13.2 Å². The number of ether oxygens (including phenoxy) is 1. The molecule has 0 bridgehead atoms. The van der Waals surface area contributed by atoms with Crippen molar-refractivity contribution >= 4 is 56.4 Å². The molecule has 6 rings (SSSR count). The lowest BCUT2D eigenvalue weighted by Crippen LogP contribution is -2.36. The summed E-state index contributed by atoms with van der Waals surface area (Å²) in [6, 6.07) is 25.7. The van der Waals surface area contributed by atoms with Crippen LogP contribution in [0.1, 0.15) is 59.9 Å². The van der Waals surface area contributed by atoms with Crippen LogP contribution in [0, 0.1) is 6.92 Å². The first kappa shape index (κ1) is 44.5. The molecule has 2 aromatic heterocycles. The number of rotatable bonds is 13. The first-order valence-corrected chi connectivity index (χ1v) is 20.2. The van der Waals surface area contributed by atoms with Crippen molar-refractivity contribution in [1.82, 2.24) is 20.6 Å². The Balaban J connectivity index is 0.000000223. The number of aromatic nitrogens is 2. The third-order valence-corrected chi connectivity index (χ3v) is 9.52. The average molecular weight is 834 g/mol. The van der Waals surface area contributed by atoms with Crippen LogP contribution in [-0.2, 0) is 0 Å². The molecule has 0 saturated heterocycles. The molecule has 0 saturated carbocycles. The molecule has 58 heavy (non-hydrogen) atoms. The van der Waals surface area contributed by atoms with E-state index in [0.29, 0.717) is 16.6 Å². The van der Waals surface area contributed by atoms with Gasteiger partial charge in [0.05, 0.1) is 22.4 Å². The Morgan fingerprint density at radius 1 is 0.569 bits per heavy atom. The molecule has 4 N–H and O–H groups in total. The minimum Gasteiger partial charge on any atom is -0.406 e. The molecule has 0 aliphatic rings. The van der Waals surface area contributed by atoms with Crippen LogP contribution in [0.2, 0.25) is 10.0 Å². The summed E-state index contributed by atoms with van der Waals surface area (Å²) in [4.78, 5) is 9.13. The number of nitrogens with one attached hydrogen (secondary N) is 4. The Labute approximate surface area is 350 Å². The molecular formula is C46H53Cl2F3N6O. The molecule has 308 valence electrons. The van der Waals surface area contributed by atoms with E-state index < -0.39 is 6.36 Å². The molecule has 4 aromatic carbocycles. The van der Waals surface area contributed by atoms with Gasteiger partial charge in [-0.25, -0.2) is 0 Å². The zero-order chi connectivity index (χ0) is 42.1. The standard InChI is InChI=1S/C23H25ClF3N3O.C23H28ClN3/c1-22(2,3)30-12-4-11-28-21-18-10-7-16(24)13-20(18)29-14-19(21)15-5-8-17(9-6-15)31-23(25,26)27;1-16-6-8-17(9-7-16)20-15-26-21-14-18(24)10-11-19(21)22(20)25-12-5-13-27-23(2,3)4/h5-10,13-14,30H,4,11-12H2,1-3H3,(H,28,29);6-11,14-15,27H,5,12-13H2,1-4H3,(H,25,26). The van der Waals surface area contributed by atoms with Gasteiger partial charge >= 0.3 is 6.36 Å². The van der Waals surface area contributed by atoms with E-state index in [4.69, 9.17) is 23.2 Å². The third kappa shape index (κ3) is 13.5. The van der Waals surface area contributed by atoms with Crippen molar-refractivity contribution in [2.24, 2.45) is 0 Å². The number of aryl methyl sites for hydroxylation is 1. The van der Waals surface area contributed by atoms with E-state index in [1.165, 1.54) is 23.3 Å². The summed E-state index contributed by atoms with van der Waals surface area (Å²) in [5.74, 6) is -0.264. The summed E-state index contributed by atoms with van der Waals surface area (Å²) < 4.78 is 41.3. The van der Waals surface area contributed by atoms with Crippen molar-refractivity contribution in [3.63, 3.8) is 0 Å². The Morgan fingerprint density at radius 3 is 1.38 bits per heavy atom. The number of fused-ring (bicyclic) bond motifs is 2. The van der Waals surface area contributed by atoms with Crippen molar-refractivity contribution < 1.29 is 17.9 Å². The molecule has 0 radical (unpaired) electrons. The Bertz CT molecular complexity index is 2270. The van der Waals surface area contributed by atoms with E-state index in [1.807, 2.05) is 24.4 Å². The van der Waals surface area contributed by atoms with Crippen molar-refractivity contribution in [3.8, 4) is 28.0 Å². The minimum atomic E-state index is -4.72. The smallest absolute Gasteiger partial charge is 0.406 e. The Kier molecular flexibility index (Phi) is 14.9. The molecule has 12 heteroatoms. The first-order chi connectivity index (χ1) is 27.3. The SMILES string of the molecule is CC(C)(C)NCCCNc1c(-c2ccc(OC(F)(F)F)cc2)cnc2cc(Cl)ccc12.Cc1ccc(-c2cnc3cc(Cl)ccc3c2NCCCNC(C)(C)C)cc1. The molecule has 0 amide bonds. The fraction of sp³-hybridized carbons (Fsp3) is 0.348. The second kappa shape index (κ2) is 19.4. The number of hydrogen-bond donors (Lipinski definition) is 4. The molecule has 0 aliphatic carbocycles. The Morgan fingerprint density at radius 2 is 0.983 bits per heavy atom. The highest BCUT2D eigenvalue weighted by Crippen LogP contribution is 2.37. The summed E-state index contributed by atoms with van der Waals surface area (Å²) in [5, 5.41) is 17.4. The lowest BCUT2D eigenvalue weighted by atomic mass is 10.0. The molecule has 0 unspecified atom stereocenters. The van der Waals surface area contributed by atoms with Crippen LogP contribution in [0.15, 0.2) is 97.3 Å². The van der Waals surface area contributed by atoms with Crippen LogP contribution >= 0.6 is 23.2 Å². The van der Waals surface area contributed by atoms with Crippen LogP contribution in [0.3, 0.4) is 0 Å². The zero-order valence-electron chi connectivity index (χ0n) is 34.2. The van der Waals surface area contributed by atoms with Gasteiger partial charge in [-0.2, -0.15) is 0 Å². The summed E-state index contributed by atoms with van der Waals surface area (Å²) in [6.45, 7) is 18.5. The quantitative estimate of drug-likeness (QED) is 0.0863. The lowest BCUT2D eigenvalue weighted by molar-refractivity contribution is -0.274. The van der Waals surface area contributed by atoms with E-state index in [1.54, 1.807) is 30.5 Å². The van der Waals surface area contributed by atoms with Crippen molar-refractivity contribution in [2.75, 3.05) is 36.8 Å². The van der Waals surface area contributed by atoms with E-state index >= 15 is 0 Å². The number of halogens is 5. The monoisotopic (exact) mass is 832 g/mol. The second-order valence-electron chi connectivity index (χ2n) is 16.3. The molecule has 6 aromatic rings. The van der Waals surface area contributed by atoms with Crippen molar-refractivity contribution in [2.45, 2.75) is 78.7 Å². The average Bonchev–Trinajstić information content (AvgIpc) is 3.14. The fourth-order valence-electron chi connectivity index (χ4n) is 6.25. The van der Waals surface area contributed by atoms with Gasteiger partial charge in [-0.05, 0) is 134 Å². The summed E-state index contributed by atoms with van der Waals surface area (Å²) >= 11 is 12.3. The first-order valence-electron chi connectivity index (χ1n) is 19.4. The van der Waals surface area contributed by atoms with Crippen molar-refractivity contribution in [1.29, 1.82) is 0 Å². The molecule has 2 heterocycles. The minimum absolute atomic E-state index is 0.0471. The van der Waals surface area contributed by atoms with Gasteiger partial charge in [0.25, 0.3) is 0 Å². The summed E-state index contributed by atoms with van der Waals surface area (Å²) in [6.07, 6.45) is 0.862. The van der Waals surface area contributed by atoms with E-state index in [9.17, 15) is 13.2 Å². The number of benzene rings is 4. The van der Waals surface area contributed by atoms with E-state index in [-0.39, 0.29) is 16.8 Å². The maximum Gasteiger partial charge on any atom is 0.573 e. The maximum absolute atomic E-state index is 12.5. The van der Waals surface area contributed by atoms with Gasteiger partial charge in [-0.1, -0.05) is 65.2 Å². The Hall–Kier alpha value is -4.61. The van der Waals surface area contributed by atoms with Crippen LogP contribution in [0.25, 0.3) is 44.1 Å². The van der Waals surface area contributed by atoms with Crippen LogP contribution in [0.4, 0.5) is 24.5 Å². The van der Waals surface area contributed by atoms with E-state index in [0.717, 1.165) is 82.3 Å². The third-order valence-electron chi connectivity index (χ3n) is 9.05. The number of alkyl halides is 3. The highest BCUT2D eigenvalue weighted by atomic mass is 35.5. The molecule has 0 aliphatic heterocycles. The predicted molar refractivity (Wildman–Crippen MR) is 238 cm³/mol. The number of hydrogen-bond acceptors (Lipinski definition) is 7. The highest BCUT2D eigenvalue weighted by Gasteiger charge is 2.31. The van der Waals surface area contributed by atoms with Crippen LogP contribution in [0.5, 0.6) is 5.75 Å². The normalized spacial score (nSPS) is 12.0. The highest BCUT2D eigenvalue weighted by molar-refractivity contribution is 6.31. The zero-order valence-corrected chi connectivity index (χ0v) is 35.7. The van der Waals surface area contributed by atoms with Gasteiger partial charge in [0, 0.05) is 68.5 Å². The predicted octanol–water partition coefficient (Wildman–Crippen LogP) is 12.7. The van der Waals surface area contributed by atoms with Gasteiger partial charge in [0.2, 0.25) is 0 Å². The van der Waals surface area contributed by atoms with Gasteiger partial charge < -0.3 is 26.0 Å². The molecule has 0 fully saturated rings. The fourth-order valence-corrected chi connectivity index (χ4v) is 6.58. The van der Waals surface area contributed by atoms with Gasteiger partial charge in [0.15, 0.2) is 0 Å². The van der Waals surface area contributed by atoms with Crippen LogP contribution in [-0.4, -0.2) is 53.6 Å². The number of anilines is 2. The summed E-state index contributed by atoms with van der Waals surface area (Å²) in [5.41, 5.74) is 8.89. The van der Waals surface area contributed by atoms with Gasteiger partial charge in [-0.3, -0.25) is 9.97 Å². The largest absolute Gasteiger partial charge is 0.573 e. The van der Waals surface area contributed by atoms with E-state index in [2.05, 4.69) is 115 Å². The molecule has 7 nitrogen and oxygen atoms in total. The maximum atomic E-state index is 12.5. The molecule has 0 spiro atoms. The lowest BCUT2D eigenvalue weighted by Gasteiger charge is -2.21.